The molecule has 0 aliphatic carbocycles. The second-order valence-electron chi connectivity index (χ2n) is 4.19. The van der Waals surface area contributed by atoms with Crippen LogP contribution in [0.3, 0.4) is 0 Å². The first-order valence-electron chi connectivity index (χ1n) is 6.05. The van der Waals surface area contributed by atoms with Gasteiger partial charge in [-0.15, -0.1) is 0 Å². The van der Waals surface area contributed by atoms with Crippen LogP contribution < -0.4 is 5.32 Å². The molecule has 19 heavy (non-hydrogen) atoms. The third kappa shape index (κ3) is 3.68. The molecule has 0 fully saturated rings. The SMILES string of the molecule is CCCNC(c1ccc(Br)o1)c1ccc(F)cc1Br. The first kappa shape index (κ1) is 14.8. The molecular formula is C14H14Br2FNO. The molecule has 102 valence electrons. The van der Waals surface area contributed by atoms with Crippen molar-refractivity contribution in [2.24, 2.45) is 0 Å². The highest BCUT2D eigenvalue weighted by Gasteiger charge is 2.19. The van der Waals surface area contributed by atoms with Crippen molar-refractivity contribution in [2.75, 3.05) is 6.54 Å². The summed E-state index contributed by atoms with van der Waals surface area (Å²) in [5.74, 6) is 0.540. The zero-order valence-electron chi connectivity index (χ0n) is 10.4. The van der Waals surface area contributed by atoms with Gasteiger partial charge in [0, 0.05) is 4.47 Å². The van der Waals surface area contributed by atoms with Crippen LogP contribution >= 0.6 is 31.9 Å². The Morgan fingerprint density at radius 3 is 2.63 bits per heavy atom. The average molecular weight is 391 g/mol. The zero-order valence-corrected chi connectivity index (χ0v) is 13.6. The van der Waals surface area contributed by atoms with Gasteiger partial charge in [0.05, 0.1) is 6.04 Å². The van der Waals surface area contributed by atoms with Crippen molar-refractivity contribution in [2.45, 2.75) is 19.4 Å². The maximum absolute atomic E-state index is 13.2. The topological polar surface area (TPSA) is 25.2 Å². The van der Waals surface area contributed by atoms with Crippen LogP contribution in [-0.4, -0.2) is 6.54 Å². The second kappa shape index (κ2) is 6.68. The van der Waals surface area contributed by atoms with Crippen molar-refractivity contribution in [3.8, 4) is 0 Å². The van der Waals surface area contributed by atoms with E-state index in [9.17, 15) is 4.39 Å². The van der Waals surface area contributed by atoms with Crippen LogP contribution in [0.4, 0.5) is 4.39 Å². The molecular weight excluding hydrogens is 377 g/mol. The second-order valence-corrected chi connectivity index (χ2v) is 5.83. The molecule has 1 heterocycles. The number of nitrogens with one attached hydrogen (secondary N) is 1. The Bertz CT molecular complexity index is 556. The van der Waals surface area contributed by atoms with Gasteiger partial charge < -0.3 is 9.73 Å². The maximum Gasteiger partial charge on any atom is 0.169 e. The largest absolute Gasteiger partial charge is 0.452 e. The molecule has 2 rings (SSSR count). The average Bonchev–Trinajstić information content (AvgIpc) is 2.78. The lowest BCUT2D eigenvalue weighted by Crippen LogP contribution is -2.23. The van der Waals surface area contributed by atoms with Crippen molar-refractivity contribution in [1.29, 1.82) is 0 Å². The van der Waals surface area contributed by atoms with Gasteiger partial charge in [-0.2, -0.15) is 0 Å². The first-order chi connectivity index (χ1) is 9.11. The lowest BCUT2D eigenvalue weighted by atomic mass is 10.0. The minimum absolute atomic E-state index is 0.0961. The molecule has 1 N–H and O–H groups in total. The van der Waals surface area contributed by atoms with Gasteiger partial charge >= 0.3 is 0 Å². The van der Waals surface area contributed by atoms with E-state index in [1.54, 1.807) is 6.07 Å². The summed E-state index contributed by atoms with van der Waals surface area (Å²) in [4.78, 5) is 0. The number of rotatable bonds is 5. The smallest absolute Gasteiger partial charge is 0.169 e. The lowest BCUT2D eigenvalue weighted by Gasteiger charge is -2.18. The Morgan fingerprint density at radius 1 is 1.26 bits per heavy atom. The Balaban J connectivity index is 2.36. The monoisotopic (exact) mass is 389 g/mol. The fourth-order valence-corrected chi connectivity index (χ4v) is 2.77. The summed E-state index contributed by atoms with van der Waals surface area (Å²) in [6, 6.07) is 8.36. The summed E-state index contributed by atoms with van der Waals surface area (Å²) in [6.45, 7) is 2.95. The van der Waals surface area contributed by atoms with E-state index in [0.717, 1.165) is 28.8 Å². The summed E-state index contributed by atoms with van der Waals surface area (Å²) >= 11 is 6.72. The van der Waals surface area contributed by atoms with Crippen LogP contribution in [0, 0.1) is 5.82 Å². The summed E-state index contributed by atoms with van der Waals surface area (Å²) in [5.41, 5.74) is 0.955. The molecule has 0 aliphatic rings. The van der Waals surface area contributed by atoms with Crippen molar-refractivity contribution < 1.29 is 8.81 Å². The van der Waals surface area contributed by atoms with Gasteiger partial charge in [-0.05, 0) is 58.7 Å². The van der Waals surface area contributed by atoms with E-state index in [2.05, 4.69) is 44.1 Å². The summed E-state index contributed by atoms with van der Waals surface area (Å²) in [7, 11) is 0. The van der Waals surface area contributed by atoms with Gasteiger partial charge in [0.1, 0.15) is 11.6 Å². The van der Waals surface area contributed by atoms with Crippen LogP contribution in [0.25, 0.3) is 0 Å². The van der Waals surface area contributed by atoms with Crippen LogP contribution in [-0.2, 0) is 0 Å². The van der Waals surface area contributed by atoms with Crippen LogP contribution in [0.15, 0.2) is 43.9 Å². The van der Waals surface area contributed by atoms with Gasteiger partial charge in [0.2, 0.25) is 0 Å². The zero-order chi connectivity index (χ0) is 13.8. The van der Waals surface area contributed by atoms with Crippen molar-refractivity contribution >= 4 is 31.9 Å². The standard InChI is InChI=1S/C14H14Br2FNO/c1-2-7-18-14(12-5-6-13(16)19-12)10-4-3-9(17)8-11(10)15/h3-6,8,14,18H,2,7H2,1H3. The molecule has 0 bridgehead atoms. The van der Waals surface area contributed by atoms with Gasteiger partial charge in [-0.3, -0.25) is 0 Å². The van der Waals surface area contributed by atoms with Gasteiger partial charge in [-0.1, -0.05) is 28.9 Å². The quantitative estimate of drug-likeness (QED) is 0.774. The summed E-state index contributed by atoms with van der Waals surface area (Å²) < 4.78 is 20.2. The highest BCUT2D eigenvalue weighted by atomic mass is 79.9. The van der Waals surface area contributed by atoms with Crippen molar-refractivity contribution in [3.05, 3.63) is 56.6 Å². The lowest BCUT2D eigenvalue weighted by molar-refractivity contribution is 0.432. The van der Waals surface area contributed by atoms with Crippen molar-refractivity contribution in [3.63, 3.8) is 0 Å². The van der Waals surface area contributed by atoms with Crippen LogP contribution in [0.2, 0.25) is 0 Å². The molecule has 5 heteroatoms. The highest BCUT2D eigenvalue weighted by molar-refractivity contribution is 9.10. The number of halogens is 3. The van der Waals surface area contributed by atoms with Crippen LogP contribution in [0.5, 0.6) is 0 Å². The van der Waals surface area contributed by atoms with Gasteiger partial charge in [-0.25, -0.2) is 4.39 Å². The number of hydrogen-bond donors (Lipinski definition) is 1. The molecule has 1 unspecified atom stereocenters. The van der Waals surface area contributed by atoms with Crippen molar-refractivity contribution in [1.82, 2.24) is 5.32 Å². The fourth-order valence-electron chi connectivity index (χ4n) is 1.87. The third-order valence-electron chi connectivity index (χ3n) is 2.75. The third-order valence-corrected chi connectivity index (χ3v) is 3.86. The maximum atomic E-state index is 13.2. The van der Waals surface area contributed by atoms with E-state index in [1.165, 1.54) is 12.1 Å². The van der Waals surface area contributed by atoms with Gasteiger partial charge in [0.25, 0.3) is 0 Å². The van der Waals surface area contributed by atoms with E-state index in [0.29, 0.717) is 4.67 Å². The molecule has 1 aromatic carbocycles. The summed E-state index contributed by atoms with van der Waals surface area (Å²) in [6.07, 6.45) is 1.01. The van der Waals surface area contributed by atoms with E-state index < -0.39 is 0 Å². The van der Waals surface area contributed by atoms with E-state index >= 15 is 0 Å². The Labute approximate surface area is 128 Å². The highest BCUT2D eigenvalue weighted by Crippen LogP contribution is 2.31. The number of benzene rings is 1. The molecule has 0 spiro atoms. The number of hydrogen-bond acceptors (Lipinski definition) is 2. The molecule has 2 nitrogen and oxygen atoms in total. The molecule has 1 atom stereocenters. The van der Waals surface area contributed by atoms with E-state index in [4.69, 9.17) is 4.42 Å². The fraction of sp³-hybridized carbons (Fsp3) is 0.286. The Morgan fingerprint density at radius 2 is 2.05 bits per heavy atom. The Hall–Kier alpha value is -0.650. The molecule has 1 aromatic heterocycles. The Kier molecular flexibility index (Phi) is 5.19. The predicted molar refractivity (Wildman–Crippen MR) is 80.6 cm³/mol. The van der Waals surface area contributed by atoms with E-state index in [1.807, 2.05) is 12.1 Å². The minimum atomic E-state index is -0.259. The molecule has 0 saturated heterocycles. The molecule has 0 saturated carbocycles. The van der Waals surface area contributed by atoms with E-state index in [-0.39, 0.29) is 11.9 Å². The summed E-state index contributed by atoms with van der Waals surface area (Å²) in [5, 5.41) is 3.41. The first-order valence-corrected chi connectivity index (χ1v) is 7.64. The predicted octanol–water partition coefficient (Wildman–Crippen LogP) is 5.03. The number of furan rings is 1. The van der Waals surface area contributed by atoms with Gasteiger partial charge in [0.15, 0.2) is 4.67 Å². The molecule has 0 radical (unpaired) electrons. The molecule has 0 amide bonds. The minimum Gasteiger partial charge on any atom is -0.452 e. The molecule has 2 aromatic rings. The molecule has 0 aliphatic heterocycles. The normalized spacial score (nSPS) is 12.6. The van der Waals surface area contributed by atoms with Crippen LogP contribution in [0.1, 0.15) is 30.7 Å².